The number of ketones is 1. The minimum atomic E-state index is 0.0834. The Labute approximate surface area is 90.3 Å². The zero-order valence-corrected chi connectivity index (χ0v) is 9.19. The molecule has 0 bridgehead atoms. The highest BCUT2D eigenvalue weighted by molar-refractivity contribution is 5.88. The maximum atomic E-state index is 11.7. The van der Waals surface area contributed by atoms with Crippen LogP contribution in [0.3, 0.4) is 0 Å². The van der Waals surface area contributed by atoms with E-state index in [1.165, 1.54) is 0 Å². The van der Waals surface area contributed by atoms with Crippen LogP contribution in [0.2, 0.25) is 0 Å². The van der Waals surface area contributed by atoms with Gasteiger partial charge in [-0.3, -0.25) is 4.79 Å². The molecule has 2 atom stereocenters. The second-order valence-electron chi connectivity index (χ2n) is 4.24. The SMILES string of the molecule is COc1cccc([C@H]2C(=O)CC[C@@H]2C)c1. The Morgan fingerprint density at radius 2 is 2.20 bits per heavy atom. The molecule has 1 aliphatic carbocycles. The molecule has 0 amide bonds. The van der Waals surface area contributed by atoms with Crippen molar-refractivity contribution >= 4 is 5.78 Å². The second-order valence-corrected chi connectivity index (χ2v) is 4.24. The highest BCUT2D eigenvalue weighted by atomic mass is 16.5. The van der Waals surface area contributed by atoms with Gasteiger partial charge in [0.1, 0.15) is 11.5 Å². The Morgan fingerprint density at radius 1 is 1.40 bits per heavy atom. The lowest BCUT2D eigenvalue weighted by Gasteiger charge is -2.14. The topological polar surface area (TPSA) is 26.3 Å². The fourth-order valence-electron chi connectivity index (χ4n) is 2.36. The number of carbonyl (C=O) groups is 1. The third-order valence-corrected chi connectivity index (χ3v) is 3.21. The largest absolute Gasteiger partial charge is 0.497 e. The molecule has 1 aromatic rings. The van der Waals surface area contributed by atoms with E-state index in [2.05, 4.69) is 6.92 Å². The fourth-order valence-corrected chi connectivity index (χ4v) is 2.36. The third kappa shape index (κ3) is 1.89. The monoisotopic (exact) mass is 204 g/mol. The first-order chi connectivity index (χ1) is 7.22. The smallest absolute Gasteiger partial charge is 0.140 e. The van der Waals surface area contributed by atoms with Gasteiger partial charge in [-0.2, -0.15) is 0 Å². The quantitative estimate of drug-likeness (QED) is 0.740. The van der Waals surface area contributed by atoms with Gasteiger partial charge in [0.05, 0.1) is 7.11 Å². The molecule has 1 saturated carbocycles. The molecule has 0 aromatic heterocycles. The van der Waals surface area contributed by atoms with Crippen LogP contribution in [0.25, 0.3) is 0 Å². The Bertz CT molecular complexity index is 371. The van der Waals surface area contributed by atoms with Crippen LogP contribution in [0, 0.1) is 5.92 Å². The minimum absolute atomic E-state index is 0.0834. The molecule has 0 aliphatic heterocycles. The van der Waals surface area contributed by atoms with Gasteiger partial charge in [0.25, 0.3) is 0 Å². The Kier molecular flexibility index (Phi) is 2.76. The maximum absolute atomic E-state index is 11.7. The van der Waals surface area contributed by atoms with Crippen molar-refractivity contribution < 1.29 is 9.53 Å². The Hall–Kier alpha value is -1.31. The number of methoxy groups -OCH3 is 1. The fraction of sp³-hybridized carbons (Fsp3) is 0.462. The molecule has 2 rings (SSSR count). The molecule has 1 fully saturated rings. The molecule has 15 heavy (non-hydrogen) atoms. The minimum Gasteiger partial charge on any atom is -0.497 e. The van der Waals surface area contributed by atoms with E-state index in [-0.39, 0.29) is 5.92 Å². The van der Waals surface area contributed by atoms with Gasteiger partial charge in [0.15, 0.2) is 0 Å². The lowest BCUT2D eigenvalue weighted by Crippen LogP contribution is -2.10. The van der Waals surface area contributed by atoms with Crippen LogP contribution in [0.15, 0.2) is 24.3 Å². The normalized spacial score (nSPS) is 25.6. The highest BCUT2D eigenvalue weighted by Gasteiger charge is 2.32. The second kappa shape index (κ2) is 4.05. The van der Waals surface area contributed by atoms with Crippen LogP contribution in [0.5, 0.6) is 5.75 Å². The molecular formula is C13H16O2. The zero-order chi connectivity index (χ0) is 10.8. The van der Waals surface area contributed by atoms with Crippen molar-refractivity contribution in [3.63, 3.8) is 0 Å². The van der Waals surface area contributed by atoms with Crippen LogP contribution in [-0.2, 0) is 4.79 Å². The van der Waals surface area contributed by atoms with E-state index in [4.69, 9.17) is 4.74 Å². The predicted molar refractivity (Wildman–Crippen MR) is 59.1 cm³/mol. The molecule has 0 heterocycles. The van der Waals surface area contributed by atoms with Crippen LogP contribution >= 0.6 is 0 Å². The summed E-state index contributed by atoms with van der Waals surface area (Å²) in [5, 5.41) is 0. The number of benzene rings is 1. The van der Waals surface area contributed by atoms with Gasteiger partial charge in [-0.05, 0) is 30.0 Å². The predicted octanol–water partition coefficient (Wildman–Crippen LogP) is 2.78. The first-order valence-corrected chi connectivity index (χ1v) is 5.39. The van der Waals surface area contributed by atoms with Gasteiger partial charge in [-0.15, -0.1) is 0 Å². The van der Waals surface area contributed by atoms with E-state index in [0.29, 0.717) is 11.7 Å². The Morgan fingerprint density at radius 3 is 2.80 bits per heavy atom. The molecule has 2 heteroatoms. The summed E-state index contributed by atoms with van der Waals surface area (Å²) < 4.78 is 5.17. The molecule has 80 valence electrons. The summed E-state index contributed by atoms with van der Waals surface area (Å²) >= 11 is 0. The van der Waals surface area contributed by atoms with Gasteiger partial charge in [-0.1, -0.05) is 19.1 Å². The number of rotatable bonds is 2. The number of Topliss-reactive ketones (excluding diaryl/α,β-unsaturated/α-hetero) is 1. The molecule has 0 spiro atoms. The van der Waals surface area contributed by atoms with Gasteiger partial charge in [-0.25, -0.2) is 0 Å². The van der Waals surface area contributed by atoms with Crippen LogP contribution < -0.4 is 4.74 Å². The first kappa shape index (κ1) is 10.2. The van der Waals surface area contributed by atoms with Crippen LogP contribution in [0.4, 0.5) is 0 Å². The van der Waals surface area contributed by atoms with E-state index in [1.807, 2.05) is 24.3 Å². The van der Waals surface area contributed by atoms with E-state index < -0.39 is 0 Å². The summed E-state index contributed by atoms with van der Waals surface area (Å²) in [6, 6.07) is 7.86. The summed E-state index contributed by atoms with van der Waals surface area (Å²) in [5.74, 6) is 1.75. The first-order valence-electron chi connectivity index (χ1n) is 5.39. The van der Waals surface area contributed by atoms with Crippen molar-refractivity contribution in [3.05, 3.63) is 29.8 Å². The van der Waals surface area contributed by atoms with Gasteiger partial charge < -0.3 is 4.74 Å². The standard InChI is InChI=1S/C13H16O2/c1-9-6-7-12(14)13(9)10-4-3-5-11(8-10)15-2/h3-5,8-9,13H,6-7H2,1-2H3/t9-,13-/m0/s1. The summed E-state index contributed by atoms with van der Waals surface area (Å²) in [6.45, 7) is 2.15. The lowest BCUT2D eigenvalue weighted by atomic mass is 9.89. The number of carbonyl (C=O) groups excluding carboxylic acids is 1. The van der Waals surface area contributed by atoms with Crippen molar-refractivity contribution in [2.24, 2.45) is 5.92 Å². The Balaban J connectivity index is 2.31. The molecule has 0 radical (unpaired) electrons. The molecule has 0 saturated heterocycles. The van der Waals surface area contributed by atoms with Crippen molar-refractivity contribution in [2.45, 2.75) is 25.7 Å². The molecule has 2 nitrogen and oxygen atoms in total. The van der Waals surface area contributed by atoms with E-state index >= 15 is 0 Å². The number of hydrogen-bond acceptors (Lipinski definition) is 2. The summed E-state index contributed by atoms with van der Waals surface area (Å²) in [6.07, 6.45) is 1.74. The average molecular weight is 204 g/mol. The molecule has 1 aromatic carbocycles. The van der Waals surface area contributed by atoms with Crippen molar-refractivity contribution in [3.8, 4) is 5.75 Å². The summed E-state index contributed by atoms with van der Waals surface area (Å²) in [7, 11) is 1.65. The third-order valence-electron chi connectivity index (χ3n) is 3.21. The zero-order valence-electron chi connectivity index (χ0n) is 9.19. The maximum Gasteiger partial charge on any atom is 0.140 e. The molecular weight excluding hydrogens is 188 g/mol. The van der Waals surface area contributed by atoms with Gasteiger partial charge >= 0.3 is 0 Å². The van der Waals surface area contributed by atoms with Gasteiger partial charge in [0.2, 0.25) is 0 Å². The van der Waals surface area contributed by atoms with E-state index in [1.54, 1.807) is 7.11 Å². The molecule has 1 aliphatic rings. The lowest BCUT2D eigenvalue weighted by molar-refractivity contribution is -0.118. The van der Waals surface area contributed by atoms with Crippen molar-refractivity contribution in [2.75, 3.05) is 7.11 Å². The van der Waals surface area contributed by atoms with Crippen LogP contribution in [0.1, 0.15) is 31.2 Å². The van der Waals surface area contributed by atoms with E-state index in [9.17, 15) is 4.79 Å². The van der Waals surface area contributed by atoms with Crippen molar-refractivity contribution in [1.82, 2.24) is 0 Å². The van der Waals surface area contributed by atoms with Crippen LogP contribution in [-0.4, -0.2) is 12.9 Å². The summed E-state index contributed by atoms with van der Waals surface area (Å²) in [4.78, 5) is 11.7. The molecule has 0 unspecified atom stereocenters. The number of hydrogen-bond donors (Lipinski definition) is 0. The van der Waals surface area contributed by atoms with E-state index in [0.717, 1.165) is 24.2 Å². The van der Waals surface area contributed by atoms with Gasteiger partial charge in [0, 0.05) is 12.3 Å². The molecule has 0 N–H and O–H groups in total. The highest BCUT2D eigenvalue weighted by Crippen LogP contribution is 2.37. The number of ether oxygens (including phenoxy) is 1. The summed E-state index contributed by atoms with van der Waals surface area (Å²) in [5.41, 5.74) is 1.10. The van der Waals surface area contributed by atoms with Crippen molar-refractivity contribution in [1.29, 1.82) is 0 Å². The average Bonchev–Trinajstić information content (AvgIpc) is 2.59.